The Balaban J connectivity index is 2.12. The van der Waals surface area contributed by atoms with Gasteiger partial charge >= 0.3 is 5.97 Å². The van der Waals surface area contributed by atoms with Crippen LogP contribution in [0, 0.1) is 3.57 Å². The molecule has 1 N–H and O–H groups in total. The van der Waals surface area contributed by atoms with E-state index in [4.69, 9.17) is 4.74 Å². The van der Waals surface area contributed by atoms with Gasteiger partial charge in [-0.05, 0) is 54.8 Å². The lowest BCUT2D eigenvalue weighted by atomic mass is 9.97. The molecule has 0 aliphatic heterocycles. The maximum absolute atomic E-state index is 12.1. The van der Waals surface area contributed by atoms with Crippen LogP contribution in [-0.2, 0) is 9.53 Å². The highest BCUT2D eigenvalue weighted by Crippen LogP contribution is 2.38. The number of aromatic nitrogens is 2. The molecule has 0 saturated heterocycles. The fourth-order valence-electron chi connectivity index (χ4n) is 2.74. The number of halogens is 1. The number of carbonyl (C=O) groups is 1. The molecule has 106 valence electrons. The van der Waals surface area contributed by atoms with Crippen molar-refractivity contribution >= 4 is 28.6 Å². The first-order valence-corrected chi connectivity index (χ1v) is 7.72. The molecule has 0 aromatic carbocycles. The highest BCUT2D eigenvalue weighted by atomic mass is 127. The van der Waals surface area contributed by atoms with E-state index in [1.807, 2.05) is 17.1 Å². The molecule has 1 aliphatic carbocycles. The molecule has 2 unspecified atom stereocenters. The van der Waals surface area contributed by atoms with Crippen LogP contribution in [-0.4, -0.2) is 34.9 Å². The first-order valence-electron chi connectivity index (χ1n) is 6.64. The molecule has 1 aromatic heterocycles. The highest BCUT2D eigenvalue weighted by Gasteiger charge is 2.46. The molecule has 1 heterocycles. The second-order valence-electron chi connectivity index (χ2n) is 5.04. The Morgan fingerprint density at radius 2 is 2.53 bits per heavy atom. The number of nitrogens with zero attached hydrogens (tertiary/aromatic N) is 2. The van der Waals surface area contributed by atoms with Crippen LogP contribution < -0.4 is 5.32 Å². The maximum Gasteiger partial charge on any atom is 0.326 e. The lowest BCUT2D eigenvalue weighted by molar-refractivity contribution is -0.148. The summed E-state index contributed by atoms with van der Waals surface area (Å²) in [4.78, 5) is 12.1. The van der Waals surface area contributed by atoms with Crippen molar-refractivity contribution in [1.82, 2.24) is 15.1 Å². The van der Waals surface area contributed by atoms with Crippen LogP contribution in [0.1, 0.15) is 38.6 Å². The van der Waals surface area contributed by atoms with Crippen molar-refractivity contribution in [1.29, 1.82) is 0 Å². The monoisotopic (exact) mass is 377 g/mol. The van der Waals surface area contributed by atoms with Gasteiger partial charge in [-0.15, -0.1) is 0 Å². The van der Waals surface area contributed by atoms with Gasteiger partial charge in [-0.1, -0.05) is 6.92 Å². The second-order valence-corrected chi connectivity index (χ2v) is 6.28. The molecule has 1 fully saturated rings. The summed E-state index contributed by atoms with van der Waals surface area (Å²) in [7, 11) is 1.46. The third kappa shape index (κ3) is 3.10. The summed E-state index contributed by atoms with van der Waals surface area (Å²) < 4.78 is 8.08. The SMILES string of the molecule is CCCNC1(C(=O)OC)CCC(n2cc(I)cn2)C1. The van der Waals surface area contributed by atoms with Crippen LogP contribution in [0.15, 0.2) is 12.4 Å². The van der Waals surface area contributed by atoms with E-state index >= 15 is 0 Å². The Morgan fingerprint density at radius 3 is 3.11 bits per heavy atom. The Labute approximate surface area is 127 Å². The van der Waals surface area contributed by atoms with Gasteiger partial charge in [0.1, 0.15) is 5.54 Å². The molecule has 2 rings (SSSR count). The van der Waals surface area contributed by atoms with E-state index < -0.39 is 5.54 Å². The quantitative estimate of drug-likeness (QED) is 0.631. The van der Waals surface area contributed by atoms with E-state index in [2.05, 4.69) is 39.9 Å². The van der Waals surface area contributed by atoms with Gasteiger partial charge in [-0.2, -0.15) is 5.10 Å². The summed E-state index contributed by atoms with van der Waals surface area (Å²) in [6.45, 7) is 2.93. The van der Waals surface area contributed by atoms with Crippen LogP contribution >= 0.6 is 22.6 Å². The van der Waals surface area contributed by atoms with Crippen molar-refractivity contribution in [3.05, 3.63) is 16.0 Å². The average molecular weight is 377 g/mol. The van der Waals surface area contributed by atoms with Crippen molar-refractivity contribution in [2.45, 2.75) is 44.2 Å². The van der Waals surface area contributed by atoms with Crippen molar-refractivity contribution in [3.63, 3.8) is 0 Å². The smallest absolute Gasteiger partial charge is 0.326 e. The minimum atomic E-state index is -0.535. The molecule has 1 aliphatic rings. The average Bonchev–Trinajstić information content (AvgIpc) is 3.02. The van der Waals surface area contributed by atoms with Crippen LogP contribution in [0.2, 0.25) is 0 Å². The van der Waals surface area contributed by atoms with Gasteiger partial charge in [0, 0.05) is 6.20 Å². The molecule has 1 saturated carbocycles. The molecule has 6 heteroatoms. The number of nitrogens with one attached hydrogen (secondary N) is 1. The van der Waals surface area contributed by atoms with Crippen molar-refractivity contribution < 1.29 is 9.53 Å². The van der Waals surface area contributed by atoms with Gasteiger partial charge < -0.3 is 10.1 Å². The predicted octanol–water partition coefficient (Wildman–Crippen LogP) is 2.12. The summed E-state index contributed by atoms with van der Waals surface area (Å²) >= 11 is 2.25. The van der Waals surface area contributed by atoms with Gasteiger partial charge in [-0.3, -0.25) is 9.48 Å². The summed E-state index contributed by atoms with van der Waals surface area (Å²) in [5.74, 6) is -0.148. The molecule has 0 spiro atoms. The highest BCUT2D eigenvalue weighted by molar-refractivity contribution is 14.1. The molecule has 2 atom stereocenters. The fourth-order valence-corrected chi connectivity index (χ4v) is 3.15. The van der Waals surface area contributed by atoms with Crippen molar-refractivity contribution in [3.8, 4) is 0 Å². The third-order valence-electron chi connectivity index (χ3n) is 3.72. The van der Waals surface area contributed by atoms with Gasteiger partial charge in [-0.25, -0.2) is 0 Å². The van der Waals surface area contributed by atoms with Crippen LogP contribution in [0.4, 0.5) is 0 Å². The molecular weight excluding hydrogens is 357 g/mol. The molecule has 0 radical (unpaired) electrons. The van der Waals surface area contributed by atoms with Gasteiger partial charge in [0.15, 0.2) is 0 Å². The number of esters is 1. The van der Waals surface area contributed by atoms with E-state index in [9.17, 15) is 4.79 Å². The topological polar surface area (TPSA) is 56.1 Å². The number of carbonyl (C=O) groups excluding carboxylic acids is 1. The molecule has 0 amide bonds. The molecule has 19 heavy (non-hydrogen) atoms. The third-order valence-corrected chi connectivity index (χ3v) is 4.28. The van der Waals surface area contributed by atoms with Crippen LogP contribution in [0.25, 0.3) is 0 Å². The van der Waals surface area contributed by atoms with Crippen molar-refractivity contribution in [2.75, 3.05) is 13.7 Å². The first-order chi connectivity index (χ1) is 9.11. The molecular formula is C13H20IN3O2. The van der Waals surface area contributed by atoms with E-state index in [0.29, 0.717) is 0 Å². The van der Waals surface area contributed by atoms with Crippen molar-refractivity contribution in [2.24, 2.45) is 0 Å². The largest absolute Gasteiger partial charge is 0.468 e. The molecule has 0 bridgehead atoms. The number of rotatable bonds is 5. The van der Waals surface area contributed by atoms with Gasteiger partial charge in [0.05, 0.1) is 22.9 Å². The summed E-state index contributed by atoms with van der Waals surface area (Å²) in [5.41, 5.74) is -0.535. The first kappa shape index (κ1) is 14.8. The summed E-state index contributed by atoms with van der Waals surface area (Å²) in [6.07, 6.45) is 7.38. The number of hydrogen-bond donors (Lipinski definition) is 1. The Kier molecular flexibility index (Phi) is 4.83. The lowest BCUT2D eigenvalue weighted by Gasteiger charge is -2.27. The number of ether oxygens (including phenoxy) is 1. The summed E-state index contributed by atoms with van der Waals surface area (Å²) in [6, 6.07) is 0.270. The maximum atomic E-state index is 12.1. The van der Waals surface area contributed by atoms with E-state index in [1.54, 1.807) is 0 Å². The zero-order valence-corrected chi connectivity index (χ0v) is 13.5. The summed E-state index contributed by atoms with van der Waals surface area (Å²) in [5, 5.41) is 7.74. The Morgan fingerprint density at radius 1 is 1.74 bits per heavy atom. The second kappa shape index (κ2) is 6.21. The standard InChI is InChI=1S/C13H20IN3O2/c1-3-6-15-13(12(18)19-2)5-4-11(7-13)17-9-10(14)8-16-17/h8-9,11,15H,3-7H2,1-2H3. The minimum absolute atomic E-state index is 0.148. The van der Waals surface area contributed by atoms with Gasteiger partial charge in [0.2, 0.25) is 0 Å². The zero-order valence-electron chi connectivity index (χ0n) is 11.4. The number of hydrogen-bond acceptors (Lipinski definition) is 4. The van der Waals surface area contributed by atoms with E-state index in [1.165, 1.54) is 7.11 Å². The molecule has 5 nitrogen and oxygen atoms in total. The zero-order chi connectivity index (χ0) is 13.9. The predicted molar refractivity (Wildman–Crippen MR) is 80.9 cm³/mol. The number of methoxy groups -OCH3 is 1. The molecule has 1 aromatic rings. The Bertz CT molecular complexity index is 449. The van der Waals surface area contributed by atoms with Crippen LogP contribution in [0.3, 0.4) is 0 Å². The van der Waals surface area contributed by atoms with Crippen LogP contribution in [0.5, 0.6) is 0 Å². The Hall–Kier alpha value is -0.630. The fraction of sp³-hybridized carbons (Fsp3) is 0.692. The van der Waals surface area contributed by atoms with E-state index in [0.717, 1.165) is 35.8 Å². The van der Waals surface area contributed by atoms with Gasteiger partial charge in [0.25, 0.3) is 0 Å². The lowest BCUT2D eigenvalue weighted by Crippen LogP contribution is -2.51. The minimum Gasteiger partial charge on any atom is -0.468 e. The van der Waals surface area contributed by atoms with E-state index in [-0.39, 0.29) is 12.0 Å². The normalized spacial score (nSPS) is 26.6.